The van der Waals surface area contributed by atoms with Crippen LogP contribution in [0.25, 0.3) is 6.08 Å². The Morgan fingerprint density at radius 1 is 1.25 bits per heavy atom. The summed E-state index contributed by atoms with van der Waals surface area (Å²) in [6.45, 7) is 2.89. The van der Waals surface area contributed by atoms with Crippen molar-refractivity contribution in [1.82, 2.24) is 5.32 Å². The number of hydrogen-bond acceptors (Lipinski definition) is 0. The molecule has 0 spiro atoms. The first kappa shape index (κ1) is 9.01. The molecule has 0 aliphatic rings. The molecule has 0 atom stereocenters. The maximum absolute atomic E-state index is 3.98. The summed E-state index contributed by atoms with van der Waals surface area (Å²) in [6, 6.07) is 8.45. The SMILES string of the molecule is C[N]C/C=C/c1ccc(C)cc1. The van der Waals surface area contributed by atoms with Crippen molar-refractivity contribution in [3.05, 3.63) is 41.5 Å². The minimum absolute atomic E-state index is 0.799. The summed E-state index contributed by atoms with van der Waals surface area (Å²) in [5.74, 6) is 0. The molecule has 0 aromatic heterocycles. The number of aryl methyl sites for hydroxylation is 1. The van der Waals surface area contributed by atoms with E-state index in [0.29, 0.717) is 0 Å². The Balaban J connectivity index is 2.58. The van der Waals surface area contributed by atoms with Crippen LogP contribution in [0.1, 0.15) is 11.1 Å². The summed E-state index contributed by atoms with van der Waals surface area (Å²) < 4.78 is 0. The van der Waals surface area contributed by atoms with Crippen molar-refractivity contribution >= 4 is 6.08 Å². The van der Waals surface area contributed by atoms with Gasteiger partial charge >= 0.3 is 0 Å². The van der Waals surface area contributed by atoms with Crippen molar-refractivity contribution < 1.29 is 0 Å². The maximum atomic E-state index is 3.98. The summed E-state index contributed by atoms with van der Waals surface area (Å²) in [6.07, 6.45) is 4.15. The lowest BCUT2D eigenvalue weighted by Gasteiger charge is -1.93. The summed E-state index contributed by atoms with van der Waals surface area (Å²) in [5, 5.41) is 3.98. The highest BCUT2D eigenvalue weighted by atomic mass is 14.8. The average molecular weight is 160 g/mol. The van der Waals surface area contributed by atoms with Gasteiger partial charge in [-0.3, -0.25) is 0 Å². The third-order valence-corrected chi connectivity index (χ3v) is 1.68. The molecule has 1 rings (SSSR count). The van der Waals surface area contributed by atoms with Crippen molar-refractivity contribution in [2.24, 2.45) is 0 Å². The van der Waals surface area contributed by atoms with Gasteiger partial charge in [0.05, 0.1) is 0 Å². The van der Waals surface area contributed by atoms with E-state index >= 15 is 0 Å². The fourth-order valence-corrected chi connectivity index (χ4v) is 0.972. The first-order chi connectivity index (χ1) is 5.83. The molecule has 1 aromatic rings. The molecule has 12 heavy (non-hydrogen) atoms. The predicted molar refractivity (Wildman–Crippen MR) is 53.1 cm³/mol. The molecule has 1 radical (unpaired) electrons. The van der Waals surface area contributed by atoms with Gasteiger partial charge in [-0.05, 0) is 12.5 Å². The molecule has 0 N–H and O–H groups in total. The number of nitrogens with zero attached hydrogens (tertiary/aromatic N) is 1. The van der Waals surface area contributed by atoms with Crippen LogP contribution in [-0.4, -0.2) is 13.6 Å². The van der Waals surface area contributed by atoms with Crippen LogP contribution < -0.4 is 5.32 Å². The zero-order chi connectivity index (χ0) is 8.81. The van der Waals surface area contributed by atoms with Crippen LogP contribution in [0.15, 0.2) is 30.3 Å². The summed E-state index contributed by atoms with van der Waals surface area (Å²) in [7, 11) is 1.82. The van der Waals surface area contributed by atoms with E-state index in [1.54, 1.807) is 0 Å². The molecule has 0 saturated heterocycles. The van der Waals surface area contributed by atoms with E-state index in [9.17, 15) is 0 Å². The van der Waals surface area contributed by atoms with E-state index < -0.39 is 0 Å². The van der Waals surface area contributed by atoms with E-state index in [4.69, 9.17) is 0 Å². The fourth-order valence-electron chi connectivity index (χ4n) is 0.972. The third-order valence-electron chi connectivity index (χ3n) is 1.68. The molecule has 1 heteroatoms. The number of likely N-dealkylation sites (N-methyl/N-ethyl adjacent to an activating group) is 1. The lowest BCUT2D eigenvalue weighted by Crippen LogP contribution is -1.93. The first-order valence-electron chi connectivity index (χ1n) is 4.12. The summed E-state index contributed by atoms with van der Waals surface area (Å²) >= 11 is 0. The highest BCUT2D eigenvalue weighted by Gasteiger charge is 1.84. The Bertz CT molecular complexity index is 246. The van der Waals surface area contributed by atoms with Gasteiger partial charge in [0.1, 0.15) is 0 Å². The van der Waals surface area contributed by atoms with Gasteiger partial charge in [-0.15, -0.1) is 0 Å². The maximum Gasteiger partial charge on any atom is 0.0314 e. The zero-order valence-corrected chi connectivity index (χ0v) is 7.62. The van der Waals surface area contributed by atoms with Crippen molar-refractivity contribution in [1.29, 1.82) is 0 Å². The second-order valence-corrected chi connectivity index (χ2v) is 2.81. The molecule has 0 amide bonds. The van der Waals surface area contributed by atoms with Crippen molar-refractivity contribution in [3.63, 3.8) is 0 Å². The lowest BCUT2D eigenvalue weighted by molar-refractivity contribution is 0.901. The smallest absolute Gasteiger partial charge is 0.0314 e. The van der Waals surface area contributed by atoms with E-state index in [1.165, 1.54) is 11.1 Å². The van der Waals surface area contributed by atoms with Crippen LogP contribution in [0.4, 0.5) is 0 Å². The fraction of sp³-hybridized carbons (Fsp3) is 0.273. The average Bonchev–Trinajstić information content (AvgIpc) is 2.09. The first-order valence-corrected chi connectivity index (χ1v) is 4.12. The highest BCUT2D eigenvalue weighted by molar-refractivity contribution is 5.49. The van der Waals surface area contributed by atoms with Crippen LogP contribution in [0.3, 0.4) is 0 Å². The van der Waals surface area contributed by atoms with Crippen molar-refractivity contribution in [3.8, 4) is 0 Å². The Morgan fingerprint density at radius 3 is 2.50 bits per heavy atom. The second kappa shape index (κ2) is 4.73. The molecule has 1 nitrogen and oxygen atoms in total. The monoisotopic (exact) mass is 160 g/mol. The van der Waals surface area contributed by atoms with Crippen molar-refractivity contribution in [2.75, 3.05) is 13.6 Å². The Kier molecular flexibility index (Phi) is 3.55. The third kappa shape index (κ3) is 2.89. The van der Waals surface area contributed by atoms with Crippen LogP contribution in [0.5, 0.6) is 0 Å². The molecular weight excluding hydrogens is 146 g/mol. The van der Waals surface area contributed by atoms with Crippen LogP contribution >= 0.6 is 0 Å². The molecule has 0 heterocycles. The molecule has 1 aromatic carbocycles. The van der Waals surface area contributed by atoms with Gasteiger partial charge in [0.2, 0.25) is 0 Å². The standard InChI is InChI=1S/C11H14N/c1-10-5-7-11(8-6-10)4-3-9-12-2/h3-8H,9H2,1-2H3/b4-3+. The van der Waals surface area contributed by atoms with Gasteiger partial charge in [0, 0.05) is 13.6 Å². The molecule has 0 fully saturated rings. The van der Waals surface area contributed by atoms with Gasteiger partial charge in [-0.25, -0.2) is 5.32 Å². The molecule has 63 valence electrons. The Morgan fingerprint density at radius 2 is 1.92 bits per heavy atom. The van der Waals surface area contributed by atoms with Gasteiger partial charge in [0.25, 0.3) is 0 Å². The minimum atomic E-state index is 0.799. The van der Waals surface area contributed by atoms with Crippen molar-refractivity contribution in [2.45, 2.75) is 6.92 Å². The molecule has 0 aliphatic carbocycles. The molecule has 0 aliphatic heterocycles. The molecule has 0 unspecified atom stereocenters. The second-order valence-electron chi connectivity index (χ2n) is 2.81. The van der Waals surface area contributed by atoms with Crippen LogP contribution in [0, 0.1) is 6.92 Å². The number of rotatable bonds is 3. The van der Waals surface area contributed by atoms with E-state index in [-0.39, 0.29) is 0 Å². The summed E-state index contributed by atoms with van der Waals surface area (Å²) in [4.78, 5) is 0. The van der Waals surface area contributed by atoms with Gasteiger partial charge in [0.15, 0.2) is 0 Å². The number of benzene rings is 1. The largest absolute Gasteiger partial charge is 0.241 e. The minimum Gasteiger partial charge on any atom is -0.241 e. The number of hydrogen-bond donors (Lipinski definition) is 0. The van der Waals surface area contributed by atoms with Gasteiger partial charge in [-0.1, -0.05) is 42.0 Å². The zero-order valence-electron chi connectivity index (χ0n) is 7.62. The van der Waals surface area contributed by atoms with Crippen LogP contribution in [0.2, 0.25) is 0 Å². The van der Waals surface area contributed by atoms with Gasteiger partial charge in [-0.2, -0.15) is 0 Å². The summed E-state index contributed by atoms with van der Waals surface area (Å²) in [5.41, 5.74) is 2.54. The highest BCUT2D eigenvalue weighted by Crippen LogP contribution is 2.04. The Labute approximate surface area is 74.1 Å². The molecule has 0 bridgehead atoms. The normalized spacial score (nSPS) is 10.8. The quantitative estimate of drug-likeness (QED) is 0.644. The molecular formula is C11H14N. The van der Waals surface area contributed by atoms with Crippen LogP contribution in [-0.2, 0) is 0 Å². The van der Waals surface area contributed by atoms with Gasteiger partial charge < -0.3 is 0 Å². The lowest BCUT2D eigenvalue weighted by atomic mass is 10.1. The Hall–Kier alpha value is -1.08. The van der Waals surface area contributed by atoms with E-state index in [0.717, 1.165) is 6.54 Å². The molecule has 0 saturated carbocycles. The predicted octanol–water partition coefficient (Wildman–Crippen LogP) is 2.24. The topological polar surface area (TPSA) is 14.1 Å². The van der Waals surface area contributed by atoms with E-state index in [1.807, 2.05) is 7.05 Å². The van der Waals surface area contributed by atoms with E-state index in [2.05, 4.69) is 48.7 Å².